The van der Waals surface area contributed by atoms with Crippen LogP contribution in [-0.4, -0.2) is 77.8 Å². The average Bonchev–Trinajstić information content (AvgIpc) is 3.12. The number of hydrogen-bond acceptors (Lipinski definition) is 8. The first-order chi connectivity index (χ1) is 17.1. The number of fused-ring (bicyclic) bond motifs is 1. The standard InChI is InChI=1S/C24H31Cl2N7O2S/c1-15(19-6-5-18(25)10-20(19)26)33-24-22(23(27)30-33)28-11-21(29-24)32-13-17(14-32)16-4-3-7-31(12-16)8-9-36(2,34)35/h5-6,10-11,15-17H,3-4,7-9,12-14H2,1-2H3,(H2,27,30)/t15-,16-/m1/s1. The molecular weight excluding hydrogens is 521 g/mol. The third kappa shape index (κ3) is 5.27. The van der Waals surface area contributed by atoms with E-state index < -0.39 is 9.84 Å². The highest BCUT2D eigenvalue weighted by Gasteiger charge is 2.37. The van der Waals surface area contributed by atoms with E-state index in [-0.39, 0.29) is 11.8 Å². The summed E-state index contributed by atoms with van der Waals surface area (Å²) in [5.41, 5.74) is 8.23. The number of aromatic nitrogens is 4. The van der Waals surface area contributed by atoms with Crippen LogP contribution in [0, 0.1) is 11.8 Å². The Hall–Kier alpha value is -2.14. The number of piperidine rings is 1. The summed E-state index contributed by atoms with van der Waals surface area (Å²) >= 11 is 12.5. The SMILES string of the molecule is C[C@H](c1ccc(Cl)cc1Cl)n1nc(N)c2ncc(N3CC([C@@H]4CCCN(CCS(C)(=O)=O)C4)C3)nc21. The quantitative estimate of drug-likeness (QED) is 0.474. The first kappa shape index (κ1) is 25.5. The van der Waals surface area contributed by atoms with Gasteiger partial charge >= 0.3 is 0 Å². The van der Waals surface area contributed by atoms with Gasteiger partial charge < -0.3 is 15.5 Å². The molecule has 194 valence electrons. The molecule has 36 heavy (non-hydrogen) atoms. The van der Waals surface area contributed by atoms with Crippen molar-refractivity contribution < 1.29 is 8.42 Å². The van der Waals surface area contributed by atoms with Crippen molar-refractivity contribution in [1.82, 2.24) is 24.6 Å². The van der Waals surface area contributed by atoms with Gasteiger partial charge in [0, 0.05) is 42.5 Å². The lowest BCUT2D eigenvalue weighted by Crippen LogP contribution is -2.54. The number of anilines is 2. The van der Waals surface area contributed by atoms with Crippen molar-refractivity contribution in [2.45, 2.75) is 25.8 Å². The monoisotopic (exact) mass is 551 g/mol. The molecule has 3 aromatic rings. The summed E-state index contributed by atoms with van der Waals surface area (Å²) in [6, 6.07) is 5.21. The normalized spacial score (nSPS) is 20.6. The van der Waals surface area contributed by atoms with Crippen molar-refractivity contribution in [3.63, 3.8) is 0 Å². The van der Waals surface area contributed by atoms with Crippen LogP contribution in [0.2, 0.25) is 10.0 Å². The van der Waals surface area contributed by atoms with Gasteiger partial charge in [0.05, 0.1) is 18.0 Å². The van der Waals surface area contributed by atoms with Crippen LogP contribution in [0.4, 0.5) is 11.6 Å². The van der Waals surface area contributed by atoms with E-state index in [9.17, 15) is 8.42 Å². The number of benzene rings is 1. The zero-order valence-corrected chi connectivity index (χ0v) is 22.8. The topological polar surface area (TPSA) is 110 Å². The van der Waals surface area contributed by atoms with Crippen LogP contribution in [0.25, 0.3) is 11.2 Å². The molecule has 2 saturated heterocycles. The Labute approximate surface area is 221 Å². The molecule has 0 radical (unpaired) electrons. The summed E-state index contributed by atoms with van der Waals surface area (Å²) in [5, 5.41) is 5.65. The summed E-state index contributed by atoms with van der Waals surface area (Å²) in [6.45, 7) is 6.37. The van der Waals surface area contributed by atoms with Gasteiger partial charge in [-0.3, -0.25) is 0 Å². The Bertz CT molecular complexity index is 1370. The molecule has 2 aliphatic rings. The summed E-state index contributed by atoms with van der Waals surface area (Å²) in [4.78, 5) is 14.0. The maximum atomic E-state index is 11.6. The summed E-state index contributed by atoms with van der Waals surface area (Å²) < 4.78 is 24.9. The van der Waals surface area contributed by atoms with E-state index in [4.69, 9.17) is 33.9 Å². The second-order valence-corrected chi connectivity index (χ2v) is 13.2. The first-order valence-electron chi connectivity index (χ1n) is 12.2. The van der Waals surface area contributed by atoms with Crippen LogP contribution >= 0.6 is 23.2 Å². The van der Waals surface area contributed by atoms with Gasteiger partial charge in [-0.25, -0.2) is 23.1 Å². The lowest BCUT2D eigenvalue weighted by Gasteiger charge is -2.47. The molecule has 2 fully saturated rings. The van der Waals surface area contributed by atoms with E-state index in [1.165, 1.54) is 12.7 Å². The number of likely N-dealkylation sites (tertiary alicyclic amines) is 1. The predicted molar refractivity (Wildman–Crippen MR) is 145 cm³/mol. The van der Waals surface area contributed by atoms with E-state index >= 15 is 0 Å². The van der Waals surface area contributed by atoms with Crippen LogP contribution in [0.1, 0.15) is 31.4 Å². The van der Waals surface area contributed by atoms with Gasteiger partial charge in [-0.1, -0.05) is 29.3 Å². The van der Waals surface area contributed by atoms with E-state index in [1.807, 2.05) is 13.0 Å². The van der Waals surface area contributed by atoms with Crippen LogP contribution in [0.3, 0.4) is 0 Å². The molecule has 0 saturated carbocycles. The Kier molecular flexibility index (Phi) is 7.06. The summed E-state index contributed by atoms with van der Waals surface area (Å²) in [6.07, 6.45) is 5.36. The Morgan fingerprint density at radius 3 is 2.69 bits per heavy atom. The fraction of sp³-hybridized carbons (Fsp3) is 0.542. The molecule has 2 aromatic heterocycles. The minimum absolute atomic E-state index is 0.205. The minimum atomic E-state index is -2.94. The molecule has 0 aliphatic carbocycles. The number of halogens is 2. The van der Waals surface area contributed by atoms with Gasteiger partial charge in [0.25, 0.3) is 0 Å². The smallest absolute Gasteiger partial charge is 0.181 e. The maximum Gasteiger partial charge on any atom is 0.181 e. The molecule has 2 N–H and O–H groups in total. The van der Waals surface area contributed by atoms with Gasteiger partial charge in [0.2, 0.25) is 0 Å². The van der Waals surface area contributed by atoms with Crippen molar-refractivity contribution in [2.75, 3.05) is 55.4 Å². The number of sulfone groups is 1. The van der Waals surface area contributed by atoms with Crippen molar-refractivity contribution in [3.05, 3.63) is 40.0 Å². The second kappa shape index (κ2) is 9.96. The fourth-order valence-corrected chi connectivity index (χ4v) is 6.44. The van der Waals surface area contributed by atoms with Crippen LogP contribution in [0.5, 0.6) is 0 Å². The Morgan fingerprint density at radius 2 is 1.97 bits per heavy atom. The summed E-state index contributed by atoms with van der Waals surface area (Å²) in [7, 11) is -2.94. The van der Waals surface area contributed by atoms with E-state index in [1.54, 1.807) is 23.0 Å². The van der Waals surface area contributed by atoms with E-state index in [2.05, 4.69) is 19.9 Å². The van der Waals surface area contributed by atoms with Crippen LogP contribution in [-0.2, 0) is 9.84 Å². The van der Waals surface area contributed by atoms with Crippen molar-refractivity contribution in [2.24, 2.45) is 11.8 Å². The van der Waals surface area contributed by atoms with Gasteiger partial charge in [0.1, 0.15) is 15.7 Å². The van der Waals surface area contributed by atoms with Gasteiger partial charge in [-0.15, -0.1) is 0 Å². The highest BCUT2D eigenvalue weighted by Crippen LogP contribution is 2.35. The molecular formula is C24H31Cl2N7O2S. The molecule has 5 rings (SSSR count). The third-order valence-corrected chi connectivity index (χ3v) is 8.90. The zero-order valence-electron chi connectivity index (χ0n) is 20.4. The molecule has 2 atom stereocenters. The molecule has 2 aliphatic heterocycles. The molecule has 1 aromatic carbocycles. The minimum Gasteiger partial charge on any atom is -0.380 e. The number of nitrogens with two attached hydrogens (primary N) is 1. The molecule has 9 nitrogen and oxygen atoms in total. The summed E-state index contributed by atoms with van der Waals surface area (Å²) in [5.74, 6) is 2.49. The lowest BCUT2D eigenvalue weighted by molar-refractivity contribution is 0.125. The van der Waals surface area contributed by atoms with Gasteiger partial charge in [0.15, 0.2) is 17.0 Å². The Morgan fingerprint density at radius 1 is 1.19 bits per heavy atom. The highest BCUT2D eigenvalue weighted by atomic mass is 35.5. The molecule has 4 heterocycles. The van der Waals surface area contributed by atoms with Gasteiger partial charge in [-0.05, 0) is 55.8 Å². The first-order valence-corrected chi connectivity index (χ1v) is 15.0. The maximum absolute atomic E-state index is 11.6. The largest absolute Gasteiger partial charge is 0.380 e. The molecule has 0 amide bonds. The molecule has 12 heteroatoms. The molecule has 0 spiro atoms. The van der Waals surface area contributed by atoms with Gasteiger partial charge in [-0.2, -0.15) is 5.10 Å². The fourth-order valence-electron chi connectivity index (χ4n) is 5.29. The van der Waals surface area contributed by atoms with Crippen molar-refractivity contribution in [1.29, 1.82) is 0 Å². The number of nitrogens with zero attached hydrogens (tertiary/aromatic N) is 6. The molecule has 0 unspecified atom stereocenters. The zero-order chi connectivity index (χ0) is 25.6. The third-order valence-electron chi connectivity index (χ3n) is 7.42. The lowest BCUT2D eigenvalue weighted by atomic mass is 9.80. The van der Waals surface area contributed by atoms with Crippen LogP contribution < -0.4 is 10.6 Å². The average molecular weight is 553 g/mol. The predicted octanol–water partition coefficient (Wildman–Crippen LogP) is 3.52. The number of rotatable bonds is 7. The molecule has 0 bridgehead atoms. The van der Waals surface area contributed by atoms with E-state index in [0.717, 1.165) is 44.0 Å². The highest BCUT2D eigenvalue weighted by molar-refractivity contribution is 7.90. The van der Waals surface area contributed by atoms with Crippen molar-refractivity contribution in [3.8, 4) is 0 Å². The van der Waals surface area contributed by atoms with Crippen LogP contribution in [0.15, 0.2) is 24.4 Å². The number of nitrogen functional groups attached to an aromatic ring is 1. The Balaban J connectivity index is 1.29. The van der Waals surface area contributed by atoms with E-state index in [0.29, 0.717) is 45.4 Å². The second-order valence-electron chi connectivity index (χ2n) is 10.1. The number of hydrogen-bond donors (Lipinski definition) is 1. The van der Waals surface area contributed by atoms with Crippen molar-refractivity contribution >= 4 is 55.8 Å².